The van der Waals surface area contributed by atoms with Crippen molar-refractivity contribution in [1.29, 1.82) is 0 Å². The van der Waals surface area contributed by atoms with Crippen LogP contribution in [-0.2, 0) is 4.79 Å². The van der Waals surface area contributed by atoms with Gasteiger partial charge in [-0.3, -0.25) is 4.79 Å². The lowest BCUT2D eigenvalue weighted by Gasteiger charge is -2.34. The first-order valence-electron chi connectivity index (χ1n) is 8.83. The van der Waals surface area contributed by atoms with Crippen LogP contribution in [0.3, 0.4) is 0 Å². The van der Waals surface area contributed by atoms with Gasteiger partial charge in [-0.25, -0.2) is 0 Å². The SMILES string of the molecule is CC1CC(C(=O)N2CCCC(C(C)(C)C)CC2)CCC1N. The molecule has 0 aromatic rings. The van der Waals surface area contributed by atoms with Crippen LogP contribution in [-0.4, -0.2) is 29.9 Å². The van der Waals surface area contributed by atoms with Crippen molar-refractivity contribution < 1.29 is 4.79 Å². The van der Waals surface area contributed by atoms with Gasteiger partial charge in [-0.15, -0.1) is 0 Å². The maximum absolute atomic E-state index is 12.8. The molecule has 3 heteroatoms. The van der Waals surface area contributed by atoms with Gasteiger partial charge in [-0.1, -0.05) is 27.7 Å². The number of likely N-dealkylation sites (tertiary alicyclic amines) is 1. The third kappa shape index (κ3) is 4.21. The second-order valence-corrected chi connectivity index (χ2v) is 8.47. The van der Waals surface area contributed by atoms with Crippen LogP contribution in [0.1, 0.15) is 66.2 Å². The van der Waals surface area contributed by atoms with Gasteiger partial charge in [0.25, 0.3) is 0 Å². The van der Waals surface area contributed by atoms with Gasteiger partial charge in [0.2, 0.25) is 5.91 Å². The normalized spacial score (nSPS) is 35.4. The Morgan fingerprint density at radius 1 is 1.10 bits per heavy atom. The third-order valence-corrected chi connectivity index (χ3v) is 5.85. The molecule has 4 unspecified atom stereocenters. The summed E-state index contributed by atoms with van der Waals surface area (Å²) in [5.74, 6) is 1.87. The van der Waals surface area contributed by atoms with Crippen LogP contribution in [0.25, 0.3) is 0 Å². The minimum Gasteiger partial charge on any atom is -0.342 e. The van der Waals surface area contributed by atoms with Crippen molar-refractivity contribution in [1.82, 2.24) is 4.90 Å². The molecule has 0 radical (unpaired) electrons. The van der Waals surface area contributed by atoms with E-state index >= 15 is 0 Å². The lowest BCUT2D eigenvalue weighted by atomic mass is 9.76. The molecule has 2 rings (SSSR count). The largest absolute Gasteiger partial charge is 0.342 e. The topological polar surface area (TPSA) is 46.3 Å². The van der Waals surface area contributed by atoms with Gasteiger partial charge >= 0.3 is 0 Å². The van der Waals surface area contributed by atoms with Gasteiger partial charge in [0, 0.05) is 25.0 Å². The summed E-state index contributed by atoms with van der Waals surface area (Å²) in [5.41, 5.74) is 6.45. The van der Waals surface area contributed by atoms with E-state index in [4.69, 9.17) is 5.73 Å². The third-order valence-electron chi connectivity index (χ3n) is 5.85. The van der Waals surface area contributed by atoms with Crippen LogP contribution in [0.2, 0.25) is 0 Å². The van der Waals surface area contributed by atoms with Crippen molar-refractivity contribution in [3.63, 3.8) is 0 Å². The first kappa shape index (κ1) is 16.8. The van der Waals surface area contributed by atoms with Crippen molar-refractivity contribution in [2.24, 2.45) is 28.9 Å². The van der Waals surface area contributed by atoms with Crippen molar-refractivity contribution in [2.45, 2.75) is 72.3 Å². The molecular weight excluding hydrogens is 260 g/mol. The Labute approximate surface area is 130 Å². The lowest BCUT2D eigenvalue weighted by molar-refractivity contribution is -0.137. The number of hydrogen-bond acceptors (Lipinski definition) is 2. The van der Waals surface area contributed by atoms with Crippen molar-refractivity contribution in [3.05, 3.63) is 0 Å². The van der Waals surface area contributed by atoms with Gasteiger partial charge in [0.05, 0.1) is 0 Å². The van der Waals surface area contributed by atoms with E-state index in [0.717, 1.165) is 51.1 Å². The highest BCUT2D eigenvalue weighted by Crippen LogP contribution is 2.35. The Morgan fingerprint density at radius 2 is 1.81 bits per heavy atom. The summed E-state index contributed by atoms with van der Waals surface area (Å²) in [6, 6.07) is 0.295. The number of nitrogens with two attached hydrogens (primary N) is 1. The molecule has 1 aliphatic carbocycles. The summed E-state index contributed by atoms with van der Waals surface area (Å²) in [7, 11) is 0. The lowest BCUT2D eigenvalue weighted by Crippen LogP contribution is -2.43. The van der Waals surface area contributed by atoms with E-state index in [2.05, 4.69) is 32.6 Å². The minimum absolute atomic E-state index is 0.228. The first-order valence-corrected chi connectivity index (χ1v) is 8.83. The molecule has 0 spiro atoms. The molecule has 4 atom stereocenters. The van der Waals surface area contributed by atoms with E-state index in [1.54, 1.807) is 0 Å². The fraction of sp³-hybridized carbons (Fsp3) is 0.944. The van der Waals surface area contributed by atoms with Gasteiger partial charge in [-0.2, -0.15) is 0 Å². The van der Waals surface area contributed by atoms with E-state index < -0.39 is 0 Å². The zero-order valence-electron chi connectivity index (χ0n) is 14.4. The quantitative estimate of drug-likeness (QED) is 0.805. The second kappa shape index (κ2) is 6.68. The van der Waals surface area contributed by atoms with Crippen molar-refractivity contribution in [2.75, 3.05) is 13.1 Å². The van der Waals surface area contributed by atoms with Crippen LogP contribution >= 0.6 is 0 Å². The summed E-state index contributed by atoms with van der Waals surface area (Å²) < 4.78 is 0. The highest BCUT2D eigenvalue weighted by Gasteiger charge is 2.34. The molecule has 1 heterocycles. The van der Waals surface area contributed by atoms with Gasteiger partial charge in [0.1, 0.15) is 0 Å². The zero-order chi connectivity index (χ0) is 15.6. The Morgan fingerprint density at radius 3 is 2.43 bits per heavy atom. The first-order chi connectivity index (χ1) is 9.79. The van der Waals surface area contributed by atoms with Crippen LogP contribution < -0.4 is 5.73 Å². The molecule has 3 nitrogen and oxygen atoms in total. The van der Waals surface area contributed by atoms with Gasteiger partial charge in [-0.05, 0) is 55.8 Å². The Balaban J connectivity index is 1.91. The van der Waals surface area contributed by atoms with Gasteiger partial charge < -0.3 is 10.6 Å². The highest BCUT2D eigenvalue weighted by molar-refractivity contribution is 5.79. The standard InChI is InChI=1S/C18H34N2O/c1-13-12-14(7-8-16(13)19)17(21)20-10-5-6-15(9-11-20)18(2,3)4/h13-16H,5-12,19H2,1-4H3. The predicted octanol–water partition coefficient (Wildman–Crippen LogP) is 3.42. The van der Waals surface area contributed by atoms with E-state index in [1.807, 2.05) is 0 Å². The molecule has 1 amide bonds. The molecule has 1 saturated carbocycles. The Kier molecular flexibility index (Phi) is 5.34. The maximum Gasteiger partial charge on any atom is 0.225 e. The molecule has 1 saturated heterocycles. The number of nitrogens with zero attached hydrogens (tertiary/aromatic N) is 1. The smallest absolute Gasteiger partial charge is 0.225 e. The van der Waals surface area contributed by atoms with Crippen LogP contribution in [0.5, 0.6) is 0 Å². The fourth-order valence-corrected chi connectivity index (χ4v) is 4.08. The van der Waals surface area contributed by atoms with Crippen LogP contribution in [0.4, 0.5) is 0 Å². The summed E-state index contributed by atoms with van der Waals surface area (Å²) in [6.07, 6.45) is 6.57. The van der Waals surface area contributed by atoms with Gasteiger partial charge in [0.15, 0.2) is 0 Å². The van der Waals surface area contributed by atoms with E-state index in [9.17, 15) is 4.79 Å². The minimum atomic E-state index is 0.228. The number of carbonyl (C=O) groups is 1. The fourth-order valence-electron chi connectivity index (χ4n) is 4.08. The average Bonchev–Trinajstić information content (AvgIpc) is 2.66. The van der Waals surface area contributed by atoms with E-state index in [-0.39, 0.29) is 5.92 Å². The van der Waals surface area contributed by atoms with E-state index in [0.29, 0.717) is 23.3 Å². The molecule has 0 bridgehead atoms. The number of carbonyl (C=O) groups excluding carboxylic acids is 1. The van der Waals surface area contributed by atoms with Crippen molar-refractivity contribution in [3.8, 4) is 0 Å². The summed E-state index contributed by atoms with van der Waals surface area (Å²) in [6.45, 7) is 11.1. The summed E-state index contributed by atoms with van der Waals surface area (Å²) in [5, 5.41) is 0. The maximum atomic E-state index is 12.8. The Hall–Kier alpha value is -0.570. The van der Waals surface area contributed by atoms with Crippen LogP contribution in [0.15, 0.2) is 0 Å². The zero-order valence-corrected chi connectivity index (χ0v) is 14.4. The average molecular weight is 294 g/mol. The number of hydrogen-bond donors (Lipinski definition) is 1. The Bertz CT molecular complexity index is 361. The highest BCUT2D eigenvalue weighted by atomic mass is 16.2. The molecule has 21 heavy (non-hydrogen) atoms. The monoisotopic (exact) mass is 294 g/mol. The molecule has 0 aromatic carbocycles. The molecule has 2 N–H and O–H groups in total. The predicted molar refractivity (Wildman–Crippen MR) is 87.9 cm³/mol. The van der Waals surface area contributed by atoms with Crippen molar-refractivity contribution >= 4 is 5.91 Å². The molecular formula is C18H34N2O. The van der Waals surface area contributed by atoms with Crippen LogP contribution in [0, 0.1) is 23.2 Å². The summed E-state index contributed by atoms with van der Waals surface area (Å²) in [4.78, 5) is 15.0. The molecule has 122 valence electrons. The number of rotatable bonds is 1. The molecule has 0 aromatic heterocycles. The second-order valence-electron chi connectivity index (χ2n) is 8.47. The summed E-state index contributed by atoms with van der Waals surface area (Å²) >= 11 is 0. The molecule has 2 fully saturated rings. The molecule has 2 aliphatic rings. The number of amides is 1. The van der Waals surface area contributed by atoms with E-state index in [1.165, 1.54) is 6.42 Å². The molecule has 1 aliphatic heterocycles.